The maximum absolute atomic E-state index is 12.8. The number of benzene rings is 1. The Labute approximate surface area is 205 Å². The minimum absolute atomic E-state index is 0.0475. The summed E-state index contributed by atoms with van der Waals surface area (Å²) in [6, 6.07) is 7.59. The lowest BCUT2D eigenvalue weighted by molar-refractivity contribution is -0.140. The highest BCUT2D eigenvalue weighted by Crippen LogP contribution is 2.42. The van der Waals surface area contributed by atoms with E-state index < -0.39 is 0 Å². The van der Waals surface area contributed by atoms with Crippen LogP contribution in [0.15, 0.2) is 36.7 Å². The SMILES string of the molecule is CCCC[C@H]1CC[C@H]([C@H]2CC[C@H](C(=O)Oc3ccc(-c4ncc(CCC)cn4)cc3)CC2)CC1. The van der Waals surface area contributed by atoms with Gasteiger partial charge in [0.15, 0.2) is 5.82 Å². The van der Waals surface area contributed by atoms with Gasteiger partial charge in [0.25, 0.3) is 0 Å². The third kappa shape index (κ3) is 6.67. The van der Waals surface area contributed by atoms with Crippen molar-refractivity contribution in [3.05, 3.63) is 42.2 Å². The number of carbonyl (C=O) groups is 1. The number of hydrogen-bond acceptors (Lipinski definition) is 4. The predicted octanol–water partition coefficient (Wildman–Crippen LogP) is 7.80. The lowest BCUT2D eigenvalue weighted by atomic mass is 9.68. The summed E-state index contributed by atoms with van der Waals surface area (Å²) in [6.07, 6.45) is 20.0. The number of unbranched alkanes of at least 4 members (excludes halogenated alkanes) is 1. The number of rotatable bonds is 9. The molecular weight excluding hydrogens is 420 g/mol. The van der Waals surface area contributed by atoms with Crippen LogP contribution in [0.3, 0.4) is 0 Å². The van der Waals surface area contributed by atoms with E-state index in [0.29, 0.717) is 11.6 Å². The highest BCUT2D eigenvalue weighted by atomic mass is 16.5. The molecule has 0 aliphatic heterocycles. The summed E-state index contributed by atoms with van der Waals surface area (Å²) in [5.41, 5.74) is 2.10. The average Bonchev–Trinajstić information content (AvgIpc) is 2.89. The molecule has 0 bridgehead atoms. The van der Waals surface area contributed by atoms with Crippen molar-refractivity contribution in [2.75, 3.05) is 0 Å². The Morgan fingerprint density at radius 3 is 2.06 bits per heavy atom. The fraction of sp³-hybridized carbons (Fsp3) is 0.633. The summed E-state index contributed by atoms with van der Waals surface area (Å²) in [5, 5.41) is 0. The number of ether oxygens (including phenoxy) is 1. The zero-order valence-electron chi connectivity index (χ0n) is 21.2. The van der Waals surface area contributed by atoms with Crippen molar-refractivity contribution >= 4 is 5.97 Å². The quantitative estimate of drug-likeness (QED) is 0.282. The van der Waals surface area contributed by atoms with Crippen molar-refractivity contribution in [3.8, 4) is 17.1 Å². The molecule has 0 unspecified atom stereocenters. The van der Waals surface area contributed by atoms with E-state index in [9.17, 15) is 4.79 Å². The standard InChI is InChI=1S/C30H42N2O2/c1-3-5-7-22-8-10-24(11-9-22)25-12-14-27(15-13-25)30(33)34-28-18-16-26(17-19-28)29-31-20-23(6-4-2)21-32-29/h16-22,24-25,27H,3-15H2,1-2H3/t22-,24-,25-,27-. The fourth-order valence-corrected chi connectivity index (χ4v) is 6.06. The zero-order chi connectivity index (χ0) is 23.8. The molecule has 1 aromatic heterocycles. The van der Waals surface area contributed by atoms with E-state index in [1.165, 1.54) is 57.8 Å². The molecule has 2 fully saturated rings. The van der Waals surface area contributed by atoms with Crippen LogP contribution in [0.5, 0.6) is 5.75 Å². The predicted molar refractivity (Wildman–Crippen MR) is 138 cm³/mol. The molecule has 1 heterocycles. The zero-order valence-corrected chi connectivity index (χ0v) is 21.2. The Hall–Kier alpha value is -2.23. The van der Waals surface area contributed by atoms with E-state index in [4.69, 9.17) is 4.74 Å². The van der Waals surface area contributed by atoms with Crippen LogP contribution in [0.25, 0.3) is 11.4 Å². The summed E-state index contributed by atoms with van der Waals surface area (Å²) < 4.78 is 5.75. The first-order valence-electron chi connectivity index (χ1n) is 13.8. The largest absolute Gasteiger partial charge is 0.426 e. The molecule has 0 N–H and O–H groups in total. The summed E-state index contributed by atoms with van der Waals surface area (Å²) in [7, 11) is 0. The molecule has 4 nitrogen and oxygen atoms in total. The van der Waals surface area contributed by atoms with Crippen LogP contribution in [0.1, 0.15) is 96.5 Å². The Balaban J connectivity index is 1.22. The number of aromatic nitrogens is 2. The van der Waals surface area contributed by atoms with Gasteiger partial charge in [-0.15, -0.1) is 0 Å². The van der Waals surface area contributed by atoms with Gasteiger partial charge in [0.1, 0.15) is 5.75 Å². The van der Waals surface area contributed by atoms with Gasteiger partial charge in [0, 0.05) is 18.0 Å². The average molecular weight is 463 g/mol. The van der Waals surface area contributed by atoms with E-state index in [2.05, 4.69) is 23.8 Å². The van der Waals surface area contributed by atoms with Crippen LogP contribution in [-0.2, 0) is 11.2 Å². The molecule has 2 saturated carbocycles. The van der Waals surface area contributed by atoms with Gasteiger partial charge in [-0.05, 0) is 92.5 Å². The lowest BCUT2D eigenvalue weighted by Gasteiger charge is -2.37. The Bertz CT molecular complexity index is 877. The van der Waals surface area contributed by atoms with Crippen LogP contribution in [0.4, 0.5) is 0 Å². The minimum Gasteiger partial charge on any atom is -0.426 e. The summed E-state index contributed by atoms with van der Waals surface area (Å²) >= 11 is 0. The molecular formula is C30H42N2O2. The van der Waals surface area contributed by atoms with E-state index in [0.717, 1.165) is 54.6 Å². The van der Waals surface area contributed by atoms with Crippen LogP contribution in [-0.4, -0.2) is 15.9 Å². The van der Waals surface area contributed by atoms with E-state index >= 15 is 0 Å². The molecule has 4 rings (SSSR count). The smallest absolute Gasteiger partial charge is 0.314 e. The van der Waals surface area contributed by atoms with Gasteiger partial charge in [-0.25, -0.2) is 9.97 Å². The van der Waals surface area contributed by atoms with Crippen LogP contribution < -0.4 is 4.74 Å². The van der Waals surface area contributed by atoms with Gasteiger partial charge in [-0.1, -0.05) is 52.4 Å². The van der Waals surface area contributed by atoms with Crippen LogP contribution in [0.2, 0.25) is 0 Å². The van der Waals surface area contributed by atoms with E-state index in [1.54, 1.807) is 0 Å². The summed E-state index contributed by atoms with van der Waals surface area (Å²) in [4.78, 5) is 21.8. The molecule has 0 radical (unpaired) electrons. The van der Waals surface area contributed by atoms with Crippen molar-refractivity contribution in [2.24, 2.45) is 23.7 Å². The Morgan fingerprint density at radius 2 is 1.47 bits per heavy atom. The van der Waals surface area contributed by atoms with E-state index in [1.807, 2.05) is 36.7 Å². The number of esters is 1. The molecule has 1 aromatic carbocycles. The van der Waals surface area contributed by atoms with Crippen molar-refractivity contribution < 1.29 is 9.53 Å². The molecule has 184 valence electrons. The van der Waals surface area contributed by atoms with Gasteiger partial charge in [-0.2, -0.15) is 0 Å². The highest BCUT2D eigenvalue weighted by molar-refractivity contribution is 5.75. The maximum atomic E-state index is 12.8. The third-order valence-electron chi connectivity index (χ3n) is 8.20. The maximum Gasteiger partial charge on any atom is 0.314 e. The molecule has 0 spiro atoms. The number of hydrogen-bond donors (Lipinski definition) is 0. The molecule has 4 heteroatoms. The number of aryl methyl sites for hydroxylation is 1. The molecule has 34 heavy (non-hydrogen) atoms. The number of nitrogens with zero attached hydrogens (tertiary/aromatic N) is 2. The van der Waals surface area contributed by atoms with Crippen molar-refractivity contribution in [1.82, 2.24) is 9.97 Å². The monoisotopic (exact) mass is 462 g/mol. The van der Waals surface area contributed by atoms with Gasteiger partial charge in [0.2, 0.25) is 0 Å². The lowest BCUT2D eigenvalue weighted by Crippen LogP contribution is -2.30. The first-order valence-corrected chi connectivity index (χ1v) is 13.8. The van der Waals surface area contributed by atoms with Gasteiger partial charge in [-0.3, -0.25) is 4.79 Å². The van der Waals surface area contributed by atoms with Gasteiger partial charge in [0.05, 0.1) is 5.92 Å². The first kappa shape index (κ1) is 24.9. The van der Waals surface area contributed by atoms with Crippen LogP contribution in [0, 0.1) is 23.7 Å². The second-order valence-corrected chi connectivity index (χ2v) is 10.6. The van der Waals surface area contributed by atoms with Gasteiger partial charge < -0.3 is 4.74 Å². The van der Waals surface area contributed by atoms with Crippen LogP contribution >= 0.6 is 0 Å². The van der Waals surface area contributed by atoms with Crippen molar-refractivity contribution in [3.63, 3.8) is 0 Å². The molecule has 2 aliphatic rings. The topological polar surface area (TPSA) is 52.1 Å². The molecule has 2 aliphatic carbocycles. The molecule has 0 atom stereocenters. The van der Waals surface area contributed by atoms with Gasteiger partial charge >= 0.3 is 5.97 Å². The van der Waals surface area contributed by atoms with Crippen molar-refractivity contribution in [1.29, 1.82) is 0 Å². The summed E-state index contributed by atoms with van der Waals surface area (Å²) in [5.74, 6) is 3.99. The Kier molecular flexibility index (Phi) is 9.12. The summed E-state index contributed by atoms with van der Waals surface area (Å²) in [6.45, 7) is 4.45. The minimum atomic E-state index is -0.0605. The second kappa shape index (κ2) is 12.5. The Morgan fingerprint density at radius 1 is 0.853 bits per heavy atom. The van der Waals surface area contributed by atoms with E-state index in [-0.39, 0.29) is 11.9 Å². The second-order valence-electron chi connectivity index (χ2n) is 10.6. The molecule has 0 saturated heterocycles. The highest BCUT2D eigenvalue weighted by Gasteiger charge is 2.33. The fourth-order valence-electron chi connectivity index (χ4n) is 6.06. The third-order valence-corrected chi connectivity index (χ3v) is 8.20. The first-order chi connectivity index (χ1) is 16.7. The molecule has 2 aromatic rings. The molecule has 0 amide bonds. The number of carbonyl (C=O) groups excluding carboxylic acids is 1. The van der Waals surface area contributed by atoms with Crippen molar-refractivity contribution in [2.45, 2.75) is 97.3 Å². The normalized spacial score (nSPS) is 25.1.